The van der Waals surface area contributed by atoms with Gasteiger partial charge in [-0.15, -0.1) is 5.10 Å². The van der Waals surface area contributed by atoms with Crippen LogP contribution in [0.5, 0.6) is 0 Å². The molecule has 3 atom stereocenters. The monoisotopic (exact) mass is 328 g/mol. The zero-order chi connectivity index (χ0) is 15.8. The van der Waals surface area contributed by atoms with Crippen molar-refractivity contribution in [3.8, 4) is 0 Å². The number of aromatic nitrogens is 2. The Morgan fingerprint density at radius 1 is 1.35 bits per heavy atom. The van der Waals surface area contributed by atoms with E-state index in [0.717, 1.165) is 24.5 Å². The highest BCUT2D eigenvalue weighted by atomic mass is 32.1. The van der Waals surface area contributed by atoms with Crippen LogP contribution in [0, 0.1) is 11.8 Å². The second-order valence-corrected chi connectivity index (χ2v) is 7.26. The summed E-state index contributed by atoms with van der Waals surface area (Å²) < 4.78 is 0. The van der Waals surface area contributed by atoms with E-state index >= 15 is 0 Å². The third-order valence-corrected chi connectivity index (χ3v) is 5.97. The first-order chi connectivity index (χ1) is 11.2. The van der Waals surface area contributed by atoms with Crippen molar-refractivity contribution in [1.29, 1.82) is 0 Å². The van der Waals surface area contributed by atoms with Crippen LogP contribution in [0.4, 0.5) is 5.82 Å². The highest BCUT2D eigenvalue weighted by Crippen LogP contribution is 2.41. The smallest absolute Gasteiger partial charge is 0.254 e. The SMILES string of the molecule is CN(c1cccnn1)[C@@H]1CC[C@@H]2CN(C(=O)c3ccsc3)C[C@@H]21. The lowest BCUT2D eigenvalue weighted by Gasteiger charge is -2.30. The van der Waals surface area contributed by atoms with Crippen LogP contribution in [0.3, 0.4) is 0 Å². The molecule has 4 rings (SSSR count). The first kappa shape index (κ1) is 14.6. The topological polar surface area (TPSA) is 49.3 Å². The summed E-state index contributed by atoms with van der Waals surface area (Å²) in [6.45, 7) is 1.75. The Balaban J connectivity index is 1.48. The minimum atomic E-state index is 0.182. The molecule has 2 aromatic rings. The molecule has 2 fully saturated rings. The summed E-state index contributed by atoms with van der Waals surface area (Å²) >= 11 is 1.58. The fourth-order valence-corrected chi connectivity index (χ4v) is 4.73. The van der Waals surface area contributed by atoms with Gasteiger partial charge in [-0.25, -0.2) is 0 Å². The number of hydrogen-bond acceptors (Lipinski definition) is 5. The van der Waals surface area contributed by atoms with Gasteiger partial charge >= 0.3 is 0 Å². The van der Waals surface area contributed by atoms with E-state index in [4.69, 9.17) is 0 Å². The lowest BCUT2D eigenvalue weighted by Crippen LogP contribution is -2.39. The molecule has 1 aliphatic heterocycles. The Morgan fingerprint density at radius 2 is 2.26 bits per heavy atom. The van der Waals surface area contributed by atoms with Gasteiger partial charge in [0.05, 0.1) is 5.56 Å². The van der Waals surface area contributed by atoms with Crippen LogP contribution in [-0.2, 0) is 0 Å². The number of carbonyl (C=O) groups excluding carboxylic acids is 1. The number of hydrogen-bond donors (Lipinski definition) is 0. The van der Waals surface area contributed by atoms with Gasteiger partial charge in [0, 0.05) is 43.7 Å². The number of amides is 1. The largest absolute Gasteiger partial charge is 0.355 e. The summed E-state index contributed by atoms with van der Waals surface area (Å²) in [4.78, 5) is 16.9. The zero-order valence-corrected chi connectivity index (χ0v) is 13.9. The maximum absolute atomic E-state index is 12.6. The summed E-state index contributed by atoms with van der Waals surface area (Å²) in [5, 5.41) is 12.1. The number of carbonyl (C=O) groups is 1. The molecule has 1 amide bonds. The molecule has 3 heterocycles. The minimum Gasteiger partial charge on any atom is -0.355 e. The Labute approximate surface area is 139 Å². The normalized spacial score (nSPS) is 26.3. The van der Waals surface area contributed by atoms with Crippen molar-refractivity contribution in [2.45, 2.75) is 18.9 Å². The molecule has 23 heavy (non-hydrogen) atoms. The standard InChI is InChI=1S/C17H20N4OS/c1-20(16-3-2-7-18-19-16)15-5-4-12-9-21(10-14(12)15)17(22)13-6-8-23-11-13/h2-3,6-8,11-12,14-15H,4-5,9-10H2,1H3/t12-,14+,15-/m1/s1. The van der Waals surface area contributed by atoms with E-state index in [1.54, 1.807) is 17.5 Å². The van der Waals surface area contributed by atoms with Crippen molar-refractivity contribution in [3.05, 3.63) is 40.7 Å². The molecule has 120 valence electrons. The van der Waals surface area contributed by atoms with Crippen LogP contribution in [0.1, 0.15) is 23.2 Å². The second-order valence-electron chi connectivity index (χ2n) is 6.48. The lowest BCUT2D eigenvalue weighted by atomic mass is 9.97. The highest BCUT2D eigenvalue weighted by molar-refractivity contribution is 7.08. The van der Waals surface area contributed by atoms with E-state index < -0.39 is 0 Å². The second kappa shape index (κ2) is 5.92. The van der Waals surface area contributed by atoms with Gasteiger partial charge in [0.15, 0.2) is 5.82 Å². The van der Waals surface area contributed by atoms with Crippen molar-refractivity contribution in [2.75, 3.05) is 25.0 Å². The summed E-state index contributed by atoms with van der Waals surface area (Å²) in [5.74, 6) is 2.24. The van der Waals surface area contributed by atoms with Gasteiger partial charge in [-0.3, -0.25) is 4.79 Å². The molecule has 1 saturated carbocycles. The predicted octanol–water partition coefficient (Wildman–Crippen LogP) is 2.53. The van der Waals surface area contributed by atoms with Gasteiger partial charge in [-0.1, -0.05) is 0 Å². The maximum Gasteiger partial charge on any atom is 0.254 e. The van der Waals surface area contributed by atoms with Crippen molar-refractivity contribution in [3.63, 3.8) is 0 Å². The van der Waals surface area contributed by atoms with Gasteiger partial charge in [0.2, 0.25) is 0 Å². The van der Waals surface area contributed by atoms with Crippen LogP contribution in [0.15, 0.2) is 35.2 Å². The summed E-state index contributed by atoms with van der Waals surface area (Å²) in [7, 11) is 2.10. The van der Waals surface area contributed by atoms with Crippen LogP contribution >= 0.6 is 11.3 Å². The summed E-state index contributed by atoms with van der Waals surface area (Å²) in [6.07, 6.45) is 4.06. The number of anilines is 1. The number of fused-ring (bicyclic) bond motifs is 1. The fourth-order valence-electron chi connectivity index (χ4n) is 4.10. The number of rotatable bonds is 3. The number of likely N-dealkylation sites (tertiary alicyclic amines) is 1. The lowest BCUT2D eigenvalue weighted by molar-refractivity contribution is 0.0780. The van der Waals surface area contributed by atoms with Crippen LogP contribution in [-0.4, -0.2) is 47.2 Å². The summed E-state index contributed by atoms with van der Waals surface area (Å²) in [6, 6.07) is 6.29. The van der Waals surface area contributed by atoms with Crippen molar-refractivity contribution >= 4 is 23.1 Å². The molecular formula is C17H20N4OS. The molecule has 5 nitrogen and oxygen atoms in total. The third-order valence-electron chi connectivity index (χ3n) is 5.29. The van der Waals surface area contributed by atoms with Gasteiger partial charge in [0.25, 0.3) is 5.91 Å². The van der Waals surface area contributed by atoms with Gasteiger partial charge in [0.1, 0.15) is 0 Å². The Kier molecular flexibility index (Phi) is 3.77. The van der Waals surface area contributed by atoms with Crippen molar-refractivity contribution in [2.24, 2.45) is 11.8 Å². The molecular weight excluding hydrogens is 308 g/mol. The van der Waals surface area contributed by atoms with Crippen LogP contribution in [0.25, 0.3) is 0 Å². The van der Waals surface area contributed by atoms with Crippen LogP contribution in [0.2, 0.25) is 0 Å². The molecule has 2 aromatic heterocycles. The molecule has 0 spiro atoms. The fraction of sp³-hybridized carbons (Fsp3) is 0.471. The average molecular weight is 328 g/mol. The van der Waals surface area contributed by atoms with Gasteiger partial charge in [-0.05, 0) is 42.3 Å². The van der Waals surface area contributed by atoms with Crippen molar-refractivity contribution < 1.29 is 4.79 Å². The predicted molar refractivity (Wildman–Crippen MR) is 90.7 cm³/mol. The van der Waals surface area contributed by atoms with E-state index in [0.29, 0.717) is 17.9 Å². The summed E-state index contributed by atoms with van der Waals surface area (Å²) in [5.41, 5.74) is 0.828. The van der Waals surface area contributed by atoms with E-state index in [9.17, 15) is 4.79 Å². The average Bonchev–Trinajstić information content (AvgIpc) is 3.30. The van der Waals surface area contributed by atoms with Crippen LogP contribution < -0.4 is 4.90 Å². The molecule has 0 radical (unpaired) electrons. The van der Waals surface area contributed by atoms with Gasteiger partial charge in [-0.2, -0.15) is 16.4 Å². The van der Waals surface area contributed by atoms with Gasteiger partial charge < -0.3 is 9.80 Å². The molecule has 6 heteroatoms. The number of thiophene rings is 1. The zero-order valence-electron chi connectivity index (χ0n) is 13.1. The Bertz CT molecular complexity index is 675. The Morgan fingerprint density at radius 3 is 3.00 bits per heavy atom. The van der Waals surface area contributed by atoms with E-state index in [-0.39, 0.29) is 5.91 Å². The third kappa shape index (κ3) is 2.61. The maximum atomic E-state index is 12.6. The quantitative estimate of drug-likeness (QED) is 0.869. The minimum absolute atomic E-state index is 0.182. The molecule has 0 unspecified atom stereocenters. The number of nitrogens with zero attached hydrogens (tertiary/aromatic N) is 4. The highest BCUT2D eigenvalue weighted by Gasteiger charge is 2.45. The molecule has 0 aromatic carbocycles. The molecule has 1 saturated heterocycles. The molecule has 1 aliphatic carbocycles. The molecule has 0 N–H and O–H groups in total. The molecule has 2 aliphatic rings. The van der Waals surface area contributed by atoms with E-state index in [1.807, 2.05) is 33.9 Å². The first-order valence-corrected chi connectivity index (χ1v) is 9.00. The van der Waals surface area contributed by atoms with E-state index in [1.165, 1.54) is 12.8 Å². The molecule has 0 bridgehead atoms. The Hall–Kier alpha value is -1.95. The van der Waals surface area contributed by atoms with E-state index in [2.05, 4.69) is 22.1 Å². The van der Waals surface area contributed by atoms with Crippen molar-refractivity contribution in [1.82, 2.24) is 15.1 Å². The first-order valence-electron chi connectivity index (χ1n) is 8.06.